The van der Waals surface area contributed by atoms with Crippen LogP contribution < -0.4 is 10.2 Å². The third-order valence-electron chi connectivity index (χ3n) is 3.54. The fraction of sp³-hybridized carbons (Fsp3) is 0.0556. The largest absolute Gasteiger partial charge is 0.465 e. The van der Waals surface area contributed by atoms with Crippen LogP contribution >= 0.6 is 12.2 Å². The zero-order chi connectivity index (χ0) is 17.1. The number of amides is 1. The van der Waals surface area contributed by atoms with Gasteiger partial charge in [-0.15, -0.1) is 0 Å². The first-order valence-electron chi connectivity index (χ1n) is 7.20. The Morgan fingerprint density at radius 2 is 1.79 bits per heavy atom. The normalized spacial score (nSPS) is 15.5. The second-order valence-electron chi connectivity index (χ2n) is 5.08. The van der Waals surface area contributed by atoms with E-state index in [-0.39, 0.29) is 5.91 Å². The van der Waals surface area contributed by atoms with Crippen LogP contribution in [-0.4, -0.2) is 24.1 Å². The van der Waals surface area contributed by atoms with Crippen molar-refractivity contribution in [2.75, 3.05) is 12.0 Å². The van der Waals surface area contributed by atoms with Crippen LogP contribution in [-0.2, 0) is 9.53 Å². The highest BCUT2D eigenvalue weighted by Crippen LogP contribution is 2.22. The first-order chi connectivity index (χ1) is 11.6. The summed E-state index contributed by atoms with van der Waals surface area (Å²) < 4.78 is 4.66. The number of carbonyl (C=O) groups excluding carboxylic acids is 2. The van der Waals surface area contributed by atoms with Crippen LogP contribution in [0.15, 0.2) is 60.3 Å². The summed E-state index contributed by atoms with van der Waals surface area (Å²) in [6, 6.07) is 16.0. The van der Waals surface area contributed by atoms with Crippen molar-refractivity contribution < 1.29 is 14.3 Å². The number of hydrogen-bond acceptors (Lipinski definition) is 4. The van der Waals surface area contributed by atoms with Gasteiger partial charge in [-0.2, -0.15) is 0 Å². The first kappa shape index (κ1) is 15.9. The van der Waals surface area contributed by atoms with Crippen LogP contribution in [0.25, 0.3) is 6.08 Å². The van der Waals surface area contributed by atoms with E-state index in [4.69, 9.17) is 12.2 Å². The Labute approximate surface area is 144 Å². The number of anilines is 1. The van der Waals surface area contributed by atoms with Gasteiger partial charge in [-0.25, -0.2) is 4.79 Å². The number of rotatable bonds is 3. The van der Waals surface area contributed by atoms with Gasteiger partial charge in [0.25, 0.3) is 5.91 Å². The summed E-state index contributed by atoms with van der Waals surface area (Å²) in [5.41, 5.74) is 2.32. The van der Waals surface area contributed by atoms with Crippen LogP contribution in [0.5, 0.6) is 0 Å². The van der Waals surface area contributed by atoms with Gasteiger partial charge in [-0.1, -0.05) is 30.3 Å². The van der Waals surface area contributed by atoms with Crippen LogP contribution in [0.1, 0.15) is 15.9 Å². The lowest BCUT2D eigenvalue weighted by Gasteiger charge is -2.13. The number of nitrogens with zero attached hydrogens (tertiary/aromatic N) is 1. The van der Waals surface area contributed by atoms with Gasteiger partial charge in [0, 0.05) is 0 Å². The van der Waals surface area contributed by atoms with Crippen molar-refractivity contribution in [2.24, 2.45) is 0 Å². The molecular weight excluding hydrogens is 324 g/mol. The van der Waals surface area contributed by atoms with Gasteiger partial charge in [-0.3, -0.25) is 9.69 Å². The summed E-state index contributed by atoms with van der Waals surface area (Å²) in [5.74, 6) is -0.621. The molecule has 2 aromatic carbocycles. The Morgan fingerprint density at radius 3 is 2.42 bits per heavy atom. The third kappa shape index (κ3) is 3.04. The molecule has 0 atom stereocenters. The number of ether oxygens (including phenoxy) is 1. The van der Waals surface area contributed by atoms with Crippen LogP contribution in [0, 0.1) is 0 Å². The van der Waals surface area contributed by atoms with E-state index in [0.29, 0.717) is 22.1 Å². The van der Waals surface area contributed by atoms with E-state index in [9.17, 15) is 9.59 Å². The SMILES string of the molecule is COC(=O)c1ccc(/C=C2/NC(=S)N(c3ccccc3)C2=O)cc1. The highest BCUT2D eigenvalue weighted by molar-refractivity contribution is 7.80. The van der Waals surface area contributed by atoms with E-state index < -0.39 is 5.97 Å². The zero-order valence-electron chi connectivity index (χ0n) is 12.9. The summed E-state index contributed by atoms with van der Waals surface area (Å²) in [5, 5.41) is 3.26. The average molecular weight is 338 g/mol. The van der Waals surface area contributed by atoms with Crippen molar-refractivity contribution >= 4 is 41.0 Å². The number of carbonyl (C=O) groups is 2. The molecule has 0 unspecified atom stereocenters. The van der Waals surface area contributed by atoms with Crippen LogP contribution in [0.3, 0.4) is 0 Å². The number of methoxy groups -OCH3 is 1. The molecule has 1 fully saturated rings. The fourth-order valence-corrected chi connectivity index (χ4v) is 2.64. The van der Waals surface area contributed by atoms with Crippen molar-refractivity contribution in [3.63, 3.8) is 0 Å². The summed E-state index contributed by atoms with van der Waals surface area (Å²) in [4.78, 5) is 25.5. The van der Waals surface area contributed by atoms with Gasteiger partial charge in [0.1, 0.15) is 5.70 Å². The number of nitrogens with one attached hydrogen (secondary N) is 1. The van der Waals surface area contributed by atoms with Gasteiger partial charge in [0.05, 0.1) is 18.4 Å². The minimum atomic E-state index is -0.402. The summed E-state index contributed by atoms with van der Waals surface area (Å²) in [6.45, 7) is 0. The van der Waals surface area contributed by atoms with Crippen LogP contribution in [0.2, 0.25) is 0 Å². The van der Waals surface area contributed by atoms with Crippen LogP contribution in [0.4, 0.5) is 5.69 Å². The predicted octanol–water partition coefficient (Wildman–Crippen LogP) is 2.74. The quantitative estimate of drug-likeness (QED) is 0.530. The third-order valence-corrected chi connectivity index (χ3v) is 3.82. The van der Waals surface area contributed by atoms with E-state index >= 15 is 0 Å². The fourth-order valence-electron chi connectivity index (χ4n) is 2.35. The Balaban J connectivity index is 1.85. The molecule has 6 heteroatoms. The highest BCUT2D eigenvalue weighted by atomic mass is 32.1. The van der Waals surface area contributed by atoms with Gasteiger partial charge in [-0.05, 0) is 48.1 Å². The van der Waals surface area contributed by atoms with E-state index in [1.807, 2.05) is 30.3 Å². The number of benzene rings is 2. The van der Waals surface area contributed by atoms with E-state index in [2.05, 4.69) is 10.1 Å². The molecule has 24 heavy (non-hydrogen) atoms. The standard InChI is InChI=1S/C18H14N2O3S/c1-23-17(22)13-9-7-12(8-10-13)11-15-16(21)20(18(24)19-15)14-5-3-2-4-6-14/h2-11H,1H3,(H,19,24)/b15-11+. The topological polar surface area (TPSA) is 58.6 Å². The van der Waals surface area contributed by atoms with Crippen molar-refractivity contribution in [3.8, 4) is 0 Å². The number of esters is 1. The molecule has 1 heterocycles. The van der Waals surface area contributed by atoms with Gasteiger partial charge < -0.3 is 10.1 Å². The molecule has 2 aromatic rings. The second-order valence-corrected chi connectivity index (χ2v) is 5.46. The molecule has 1 saturated heterocycles. The molecule has 0 aliphatic carbocycles. The lowest BCUT2D eigenvalue weighted by atomic mass is 10.1. The molecule has 0 bridgehead atoms. The van der Waals surface area contributed by atoms with Crippen molar-refractivity contribution in [2.45, 2.75) is 0 Å². The molecule has 1 N–H and O–H groups in total. The Bertz CT molecular complexity index is 829. The van der Waals surface area contributed by atoms with Crippen molar-refractivity contribution in [1.29, 1.82) is 0 Å². The Kier molecular flexibility index (Phi) is 4.39. The zero-order valence-corrected chi connectivity index (χ0v) is 13.7. The molecule has 0 radical (unpaired) electrons. The van der Waals surface area contributed by atoms with Gasteiger partial charge in [0.15, 0.2) is 5.11 Å². The minimum absolute atomic E-state index is 0.219. The van der Waals surface area contributed by atoms with E-state index in [1.54, 1.807) is 30.3 Å². The maximum atomic E-state index is 12.6. The molecule has 1 aliphatic heterocycles. The van der Waals surface area contributed by atoms with Crippen molar-refractivity contribution in [3.05, 3.63) is 71.4 Å². The lowest BCUT2D eigenvalue weighted by molar-refractivity contribution is -0.113. The smallest absolute Gasteiger partial charge is 0.337 e. The maximum Gasteiger partial charge on any atom is 0.337 e. The molecule has 1 amide bonds. The molecule has 5 nitrogen and oxygen atoms in total. The van der Waals surface area contributed by atoms with E-state index in [1.165, 1.54) is 12.0 Å². The number of hydrogen-bond donors (Lipinski definition) is 1. The summed E-state index contributed by atoms with van der Waals surface area (Å²) >= 11 is 5.26. The lowest BCUT2D eigenvalue weighted by Crippen LogP contribution is -2.30. The summed E-state index contributed by atoms with van der Waals surface area (Å²) in [7, 11) is 1.33. The maximum absolute atomic E-state index is 12.6. The minimum Gasteiger partial charge on any atom is -0.465 e. The van der Waals surface area contributed by atoms with Gasteiger partial charge >= 0.3 is 5.97 Å². The van der Waals surface area contributed by atoms with E-state index in [0.717, 1.165) is 5.56 Å². The first-order valence-corrected chi connectivity index (χ1v) is 7.61. The predicted molar refractivity (Wildman–Crippen MR) is 95.4 cm³/mol. The van der Waals surface area contributed by atoms with Gasteiger partial charge in [0.2, 0.25) is 0 Å². The molecular formula is C18H14N2O3S. The number of thiocarbonyl (C=S) groups is 1. The molecule has 0 spiro atoms. The molecule has 3 rings (SSSR count). The summed E-state index contributed by atoms with van der Waals surface area (Å²) in [6.07, 6.45) is 1.69. The average Bonchev–Trinajstić information content (AvgIpc) is 2.89. The second kappa shape index (κ2) is 6.64. The molecule has 0 aromatic heterocycles. The molecule has 120 valence electrons. The number of para-hydroxylation sites is 1. The van der Waals surface area contributed by atoms with Crippen molar-refractivity contribution in [1.82, 2.24) is 5.32 Å². The highest BCUT2D eigenvalue weighted by Gasteiger charge is 2.31. The Hall–Kier alpha value is -2.99. The molecule has 1 aliphatic rings. The Morgan fingerprint density at radius 1 is 1.12 bits per heavy atom. The molecule has 0 saturated carbocycles. The monoisotopic (exact) mass is 338 g/mol.